The number of aryl methyl sites for hydroxylation is 1. The summed E-state index contributed by atoms with van der Waals surface area (Å²) in [4.78, 5) is 45.9. The SMILES string of the molecule is C=CCCOc1cc(F)ccc1CCC(=O)c1nc2n(c(=O)c1OS(C)(=O)=O)CCCCC2N(C)C(=O)OC(C)(C)C. The highest BCUT2D eigenvalue weighted by molar-refractivity contribution is 7.86. The smallest absolute Gasteiger partial charge is 0.410 e. The average molecular weight is 608 g/mol. The number of fused-ring (bicyclic) bond motifs is 1. The summed E-state index contributed by atoms with van der Waals surface area (Å²) in [5, 5.41) is 0. The Balaban J connectivity index is 2.04. The first-order valence-corrected chi connectivity index (χ1v) is 15.5. The Morgan fingerprint density at radius 2 is 1.98 bits per heavy atom. The quantitative estimate of drug-likeness (QED) is 0.156. The van der Waals surface area contributed by atoms with Gasteiger partial charge in [-0.2, -0.15) is 8.42 Å². The monoisotopic (exact) mass is 607 g/mol. The first kappa shape index (κ1) is 32.8. The second kappa shape index (κ2) is 13.5. The van der Waals surface area contributed by atoms with E-state index in [1.165, 1.54) is 34.7 Å². The predicted octanol–water partition coefficient (Wildman–Crippen LogP) is 4.58. The number of Topliss-reactive ketones (excluding diaryl/α,β-unsaturated/α-hetero) is 1. The van der Waals surface area contributed by atoms with Crippen molar-refractivity contribution in [2.75, 3.05) is 19.9 Å². The van der Waals surface area contributed by atoms with Gasteiger partial charge >= 0.3 is 16.2 Å². The average Bonchev–Trinajstić information content (AvgIpc) is 3.10. The van der Waals surface area contributed by atoms with Crippen molar-refractivity contribution in [1.82, 2.24) is 14.5 Å². The zero-order valence-corrected chi connectivity index (χ0v) is 25.5. The van der Waals surface area contributed by atoms with Crippen LogP contribution in [-0.4, -0.2) is 60.3 Å². The maximum atomic E-state index is 13.9. The fourth-order valence-electron chi connectivity index (χ4n) is 4.49. The molecule has 0 aliphatic carbocycles. The van der Waals surface area contributed by atoms with E-state index in [0.717, 1.165) is 6.26 Å². The molecule has 3 rings (SSSR count). The molecule has 2 heterocycles. The number of hydrogen-bond donors (Lipinski definition) is 0. The van der Waals surface area contributed by atoms with Gasteiger partial charge in [0.05, 0.1) is 18.9 Å². The van der Waals surface area contributed by atoms with Crippen LogP contribution in [0.15, 0.2) is 35.6 Å². The largest absolute Gasteiger partial charge is 0.493 e. The molecule has 0 radical (unpaired) electrons. The van der Waals surface area contributed by atoms with Crippen LogP contribution in [0, 0.1) is 5.82 Å². The summed E-state index contributed by atoms with van der Waals surface area (Å²) in [5.41, 5.74) is -1.54. The van der Waals surface area contributed by atoms with Gasteiger partial charge in [-0.05, 0) is 64.5 Å². The van der Waals surface area contributed by atoms with E-state index in [9.17, 15) is 27.2 Å². The molecule has 1 aromatic carbocycles. The molecule has 0 saturated heterocycles. The molecular formula is C29H38FN3O8S. The molecule has 0 saturated carbocycles. The van der Waals surface area contributed by atoms with Gasteiger partial charge in [-0.15, -0.1) is 6.58 Å². The summed E-state index contributed by atoms with van der Waals surface area (Å²) < 4.78 is 55.5. The standard InChI is InChI=1S/C29H38FN3O8S/c1-7-8-17-39-23-18-20(30)14-12-19(23)13-15-22(34)24-25(41-42(6,37)38)27(35)33-16-10-9-11-21(26(33)31-24)32(5)28(36)40-29(2,3)4/h7,12,14,18,21H,1,8-11,13,15-17H2,2-6H3. The Kier molecular flexibility index (Phi) is 10.5. The molecule has 0 fully saturated rings. The highest BCUT2D eigenvalue weighted by Crippen LogP contribution is 2.31. The summed E-state index contributed by atoms with van der Waals surface area (Å²) in [7, 11) is -2.69. The minimum Gasteiger partial charge on any atom is -0.493 e. The van der Waals surface area contributed by atoms with Crippen molar-refractivity contribution >= 4 is 22.0 Å². The topological polar surface area (TPSA) is 134 Å². The number of amides is 1. The summed E-state index contributed by atoms with van der Waals surface area (Å²) in [5.74, 6) is -1.49. The summed E-state index contributed by atoms with van der Waals surface area (Å²) in [6, 6.07) is 3.22. The van der Waals surface area contributed by atoms with Gasteiger partial charge < -0.3 is 18.6 Å². The fourth-order valence-corrected chi connectivity index (χ4v) is 4.95. The molecule has 2 aromatic rings. The minimum absolute atomic E-state index is 0.0855. The van der Waals surface area contributed by atoms with E-state index in [-0.39, 0.29) is 37.6 Å². The Morgan fingerprint density at radius 3 is 2.62 bits per heavy atom. The van der Waals surface area contributed by atoms with Crippen molar-refractivity contribution in [2.45, 2.75) is 77.5 Å². The number of carbonyl (C=O) groups is 2. The lowest BCUT2D eigenvalue weighted by Crippen LogP contribution is -2.39. The fraction of sp³-hybridized carbons (Fsp3) is 0.517. The molecule has 0 N–H and O–H groups in total. The molecule has 0 bridgehead atoms. The normalized spacial score (nSPS) is 15.2. The molecule has 1 aromatic heterocycles. The zero-order valence-electron chi connectivity index (χ0n) is 24.6. The van der Waals surface area contributed by atoms with Crippen LogP contribution < -0.4 is 14.5 Å². The highest BCUT2D eigenvalue weighted by Gasteiger charge is 2.34. The molecule has 1 unspecified atom stereocenters. The Bertz CT molecular complexity index is 1500. The molecule has 13 heteroatoms. The van der Waals surface area contributed by atoms with E-state index >= 15 is 0 Å². The van der Waals surface area contributed by atoms with Crippen molar-refractivity contribution in [2.24, 2.45) is 0 Å². The van der Waals surface area contributed by atoms with Crippen LogP contribution in [0.2, 0.25) is 0 Å². The Labute approximate surface area is 245 Å². The molecule has 1 amide bonds. The van der Waals surface area contributed by atoms with Gasteiger partial charge in [0.1, 0.15) is 23.0 Å². The van der Waals surface area contributed by atoms with Crippen molar-refractivity contribution in [3.63, 3.8) is 0 Å². The van der Waals surface area contributed by atoms with Crippen LogP contribution >= 0.6 is 0 Å². The first-order chi connectivity index (χ1) is 19.6. The number of aromatic nitrogens is 2. The molecule has 0 spiro atoms. The molecule has 42 heavy (non-hydrogen) atoms. The van der Waals surface area contributed by atoms with Crippen molar-refractivity contribution in [1.29, 1.82) is 0 Å². The minimum atomic E-state index is -4.21. The third kappa shape index (κ3) is 8.63. The lowest BCUT2D eigenvalue weighted by molar-refractivity contribution is 0.0202. The van der Waals surface area contributed by atoms with Crippen LogP contribution in [-0.2, 0) is 27.8 Å². The van der Waals surface area contributed by atoms with Gasteiger partial charge in [0.15, 0.2) is 11.5 Å². The van der Waals surface area contributed by atoms with Crippen LogP contribution in [0.1, 0.15) is 80.8 Å². The zero-order chi connectivity index (χ0) is 31.2. The molecule has 230 valence electrons. The van der Waals surface area contributed by atoms with Crippen LogP contribution in [0.25, 0.3) is 0 Å². The maximum Gasteiger partial charge on any atom is 0.410 e. The van der Waals surface area contributed by atoms with Gasteiger partial charge in [-0.25, -0.2) is 14.2 Å². The molecule has 1 aliphatic rings. The first-order valence-electron chi connectivity index (χ1n) is 13.7. The van der Waals surface area contributed by atoms with E-state index in [0.29, 0.717) is 31.2 Å². The number of hydrogen-bond acceptors (Lipinski definition) is 9. The number of rotatable bonds is 11. The lowest BCUT2D eigenvalue weighted by Gasteiger charge is -2.30. The maximum absolute atomic E-state index is 13.9. The van der Waals surface area contributed by atoms with Gasteiger partial charge in [0.2, 0.25) is 5.75 Å². The number of halogens is 1. The number of ether oxygens (including phenoxy) is 2. The Hall–Kier alpha value is -3.74. The Morgan fingerprint density at radius 1 is 1.26 bits per heavy atom. The van der Waals surface area contributed by atoms with E-state index in [1.807, 2.05) is 0 Å². The second-order valence-corrected chi connectivity index (χ2v) is 12.7. The number of carbonyl (C=O) groups excluding carboxylic acids is 2. The van der Waals surface area contributed by atoms with Crippen molar-refractivity contribution in [3.8, 4) is 11.5 Å². The molecule has 11 nitrogen and oxygen atoms in total. The van der Waals surface area contributed by atoms with Gasteiger partial charge in [-0.3, -0.25) is 14.2 Å². The van der Waals surface area contributed by atoms with Crippen molar-refractivity contribution < 1.29 is 36.1 Å². The third-order valence-corrected chi connectivity index (χ3v) is 6.91. The highest BCUT2D eigenvalue weighted by atomic mass is 32.2. The molecule has 1 atom stereocenters. The predicted molar refractivity (Wildman–Crippen MR) is 154 cm³/mol. The summed E-state index contributed by atoms with van der Waals surface area (Å²) in [6.45, 7) is 9.26. The number of benzene rings is 1. The number of ketones is 1. The van der Waals surface area contributed by atoms with Crippen LogP contribution in [0.5, 0.6) is 11.5 Å². The van der Waals surface area contributed by atoms with Crippen molar-refractivity contribution in [3.05, 3.63) is 64.1 Å². The van der Waals surface area contributed by atoms with E-state index in [4.69, 9.17) is 13.7 Å². The van der Waals surface area contributed by atoms with Gasteiger partial charge in [-0.1, -0.05) is 12.1 Å². The summed E-state index contributed by atoms with van der Waals surface area (Å²) in [6.07, 6.45) is 3.80. The van der Waals surface area contributed by atoms with E-state index < -0.39 is 56.5 Å². The second-order valence-electron chi connectivity index (χ2n) is 11.1. The summed E-state index contributed by atoms with van der Waals surface area (Å²) >= 11 is 0. The van der Waals surface area contributed by atoms with Gasteiger partial charge in [0, 0.05) is 26.1 Å². The molecule has 1 aliphatic heterocycles. The van der Waals surface area contributed by atoms with Crippen LogP contribution in [0.3, 0.4) is 0 Å². The molecular weight excluding hydrogens is 569 g/mol. The number of nitrogens with zero attached hydrogens (tertiary/aromatic N) is 3. The van der Waals surface area contributed by atoms with E-state index in [1.54, 1.807) is 26.8 Å². The van der Waals surface area contributed by atoms with Crippen LogP contribution in [0.4, 0.5) is 9.18 Å². The van der Waals surface area contributed by atoms with Gasteiger partial charge in [0.25, 0.3) is 5.56 Å². The lowest BCUT2D eigenvalue weighted by atomic mass is 10.0. The van der Waals surface area contributed by atoms with E-state index in [2.05, 4.69) is 11.6 Å². The third-order valence-electron chi connectivity index (χ3n) is 6.44.